The predicted octanol–water partition coefficient (Wildman–Crippen LogP) is 2.78. The van der Waals surface area contributed by atoms with E-state index in [9.17, 15) is 4.79 Å². The summed E-state index contributed by atoms with van der Waals surface area (Å²) in [6, 6.07) is 8.12. The number of rotatable bonds is 6. The lowest BCUT2D eigenvalue weighted by Gasteiger charge is -2.01. The van der Waals surface area contributed by atoms with Crippen LogP contribution in [0.3, 0.4) is 0 Å². The van der Waals surface area contributed by atoms with Crippen molar-refractivity contribution in [3.8, 4) is 0 Å². The molecule has 1 aromatic carbocycles. The van der Waals surface area contributed by atoms with Gasteiger partial charge in [-0.3, -0.25) is 4.79 Å². The van der Waals surface area contributed by atoms with Crippen LogP contribution in [-0.2, 0) is 21.7 Å². The molecule has 1 aromatic heterocycles. The van der Waals surface area contributed by atoms with Crippen molar-refractivity contribution in [3.05, 3.63) is 41.5 Å². The molecule has 2 aromatic rings. The van der Waals surface area contributed by atoms with E-state index in [4.69, 9.17) is 9.26 Å². The first-order valence-corrected chi connectivity index (χ1v) is 7.33. The fourth-order valence-corrected chi connectivity index (χ4v) is 2.49. The SMILES string of the molecule is CCOC(=O)Cc1nc(CSc2ccccc2C)no1. The fourth-order valence-electron chi connectivity index (χ4n) is 1.62. The van der Waals surface area contributed by atoms with E-state index in [1.807, 2.05) is 12.1 Å². The van der Waals surface area contributed by atoms with E-state index in [0.717, 1.165) is 0 Å². The van der Waals surface area contributed by atoms with Crippen molar-refractivity contribution in [1.29, 1.82) is 0 Å². The van der Waals surface area contributed by atoms with Crippen LogP contribution in [-0.4, -0.2) is 22.7 Å². The Balaban J connectivity index is 1.90. The number of benzene rings is 1. The lowest BCUT2D eigenvalue weighted by Crippen LogP contribution is -2.07. The number of esters is 1. The summed E-state index contributed by atoms with van der Waals surface area (Å²) in [6.07, 6.45) is 0.0237. The maximum Gasteiger partial charge on any atom is 0.315 e. The number of aryl methyl sites for hydroxylation is 1. The Morgan fingerprint density at radius 1 is 1.40 bits per heavy atom. The van der Waals surface area contributed by atoms with Crippen molar-refractivity contribution in [3.63, 3.8) is 0 Å². The van der Waals surface area contributed by atoms with Gasteiger partial charge >= 0.3 is 5.97 Å². The number of carbonyl (C=O) groups excluding carboxylic acids is 1. The van der Waals surface area contributed by atoms with Gasteiger partial charge in [-0.15, -0.1) is 11.8 Å². The number of aromatic nitrogens is 2. The average molecular weight is 292 g/mol. The van der Waals surface area contributed by atoms with Gasteiger partial charge in [-0.2, -0.15) is 4.98 Å². The van der Waals surface area contributed by atoms with Crippen molar-refractivity contribution in [2.45, 2.75) is 30.9 Å². The van der Waals surface area contributed by atoms with Crippen LogP contribution < -0.4 is 0 Å². The van der Waals surface area contributed by atoms with Crippen molar-refractivity contribution in [2.24, 2.45) is 0 Å². The smallest absolute Gasteiger partial charge is 0.315 e. The van der Waals surface area contributed by atoms with Crippen LogP contribution in [0, 0.1) is 6.92 Å². The predicted molar refractivity (Wildman–Crippen MR) is 75.4 cm³/mol. The number of nitrogens with zero attached hydrogens (tertiary/aromatic N) is 2. The van der Waals surface area contributed by atoms with Crippen LogP contribution in [0.1, 0.15) is 24.2 Å². The van der Waals surface area contributed by atoms with E-state index in [2.05, 4.69) is 29.2 Å². The largest absolute Gasteiger partial charge is 0.466 e. The molecular formula is C14H16N2O3S. The molecule has 20 heavy (non-hydrogen) atoms. The van der Waals surface area contributed by atoms with Crippen LogP contribution in [0.5, 0.6) is 0 Å². The minimum absolute atomic E-state index is 0.0237. The van der Waals surface area contributed by atoms with E-state index in [-0.39, 0.29) is 12.4 Å². The Labute approximate surface area is 121 Å². The third kappa shape index (κ3) is 4.09. The maximum absolute atomic E-state index is 11.3. The molecule has 1 heterocycles. The van der Waals surface area contributed by atoms with E-state index in [1.165, 1.54) is 10.5 Å². The highest BCUT2D eigenvalue weighted by Gasteiger charge is 2.12. The minimum atomic E-state index is -0.353. The second kappa shape index (κ2) is 7.09. The van der Waals surface area contributed by atoms with Crippen molar-refractivity contribution < 1.29 is 14.1 Å². The molecule has 0 radical (unpaired) electrons. The third-order valence-corrected chi connectivity index (χ3v) is 3.73. The maximum atomic E-state index is 11.3. The first-order valence-electron chi connectivity index (χ1n) is 6.34. The van der Waals surface area contributed by atoms with Gasteiger partial charge in [0.25, 0.3) is 0 Å². The summed E-state index contributed by atoms with van der Waals surface area (Å²) in [7, 11) is 0. The zero-order chi connectivity index (χ0) is 14.4. The van der Waals surface area contributed by atoms with Crippen LogP contribution in [0.2, 0.25) is 0 Å². The van der Waals surface area contributed by atoms with Gasteiger partial charge in [-0.1, -0.05) is 23.4 Å². The van der Waals surface area contributed by atoms with Crippen molar-refractivity contribution in [1.82, 2.24) is 10.1 Å². The highest BCUT2D eigenvalue weighted by Crippen LogP contribution is 2.24. The highest BCUT2D eigenvalue weighted by atomic mass is 32.2. The van der Waals surface area contributed by atoms with E-state index >= 15 is 0 Å². The Hall–Kier alpha value is -1.82. The highest BCUT2D eigenvalue weighted by molar-refractivity contribution is 7.98. The Bertz CT molecular complexity index is 583. The molecule has 5 nitrogen and oxygen atoms in total. The lowest BCUT2D eigenvalue weighted by molar-refractivity contribution is -0.142. The van der Waals surface area contributed by atoms with Gasteiger partial charge in [0.1, 0.15) is 6.42 Å². The fraction of sp³-hybridized carbons (Fsp3) is 0.357. The number of hydrogen-bond acceptors (Lipinski definition) is 6. The first-order chi connectivity index (χ1) is 9.69. The van der Waals surface area contributed by atoms with Crippen molar-refractivity contribution >= 4 is 17.7 Å². The molecule has 0 aliphatic rings. The molecule has 0 spiro atoms. The normalized spacial score (nSPS) is 10.5. The third-order valence-electron chi connectivity index (χ3n) is 2.56. The molecule has 6 heteroatoms. The second-order valence-electron chi connectivity index (χ2n) is 4.14. The molecule has 0 fully saturated rings. The molecule has 0 saturated heterocycles. The summed E-state index contributed by atoms with van der Waals surface area (Å²) >= 11 is 1.64. The summed E-state index contributed by atoms with van der Waals surface area (Å²) in [4.78, 5) is 16.7. The molecule has 2 rings (SSSR count). The van der Waals surface area contributed by atoms with Crippen LogP contribution >= 0.6 is 11.8 Å². The molecule has 0 saturated carbocycles. The van der Waals surface area contributed by atoms with Crippen molar-refractivity contribution in [2.75, 3.05) is 6.61 Å². The zero-order valence-corrected chi connectivity index (χ0v) is 12.3. The van der Waals surface area contributed by atoms with Gasteiger partial charge in [0.05, 0.1) is 12.4 Å². The van der Waals surface area contributed by atoms with Crippen LogP contribution in [0.4, 0.5) is 0 Å². The summed E-state index contributed by atoms with van der Waals surface area (Å²) in [5.74, 6) is 1.13. The topological polar surface area (TPSA) is 65.2 Å². The summed E-state index contributed by atoms with van der Waals surface area (Å²) in [5.41, 5.74) is 1.22. The summed E-state index contributed by atoms with van der Waals surface area (Å²) < 4.78 is 9.85. The van der Waals surface area contributed by atoms with Gasteiger partial charge < -0.3 is 9.26 Å². The molecule has 0 unspecified atom stereocenters. The van der Waals surface area contributed by atoms with Crippen LogP contribution in [0.15, 0.2) is 33.7 Å². The minimum Gasteiger partial charge on any atom is -0.466 e. The monoisotopic (exact) mass is 292 g/mol. The lowest BCUT2D eigenvalue weighted by atomic mass is 10.2. The van der Waals surface area contributed by atoms with Gasteiger partial charge in [-0.25, -0.2) is 0 Å². The molecular weight excluding hydrogens is 276 g/mol. The van der Waals surface area contributed by atoms with E-state index in [0.29, 0.717) is 24.1 Å². The summed E-state index contributed by atoms with van der Waals surface area (Å²) in [5, 5.41) is 3.86. The number of carbonyl (C=O) groups is 1. The standard InChI is InChI=1S/C14H16N2O3S/c1-3-18-14(17)8-13-15-12(16-19-13)9-20-11-7-5-4-6-10(11)2/h4-7H,3,8-9H2,1-2H3. The number of thioether (sulfide) groups is 1. The van der Waals surface area contributed by atoms with Gasteiger partial charge in [-0.05, 0) is 25.5 Å². The van der Waals surface area contributed by atoms with Gasteiger partial charge in [0.2, 0.25) is 5.89 Å². The molecule has 0 aliphatic carbocycles. The Morgan fingerprint density at radius 3 is 2.95 bits per heavy atom. The number of hydrogen-bond donors (Lipinski definition) is 0. The van der Waals surface area contributed by atoms with E-state index in [1.54, 1.807) is 18.7 Å². The Morgan fingerprint density at radius 2 is 2.20 bits per heavy atom. The molecule has 0 bridgehead atoms. The van der Waals surface area contributed by atoms with Gasteiger partial charge in [0, 0.05) is 4.90 Å². The number of ether oxygens (including phenoxy) is 1. The zero-order valence-electron chi connectivity index (χ0n) is 11.5. The Kier molecular flexibility index (Phi) is 5.17. The first kappa shape index (κ1) is 14.6. The molecule has 106 valence electrons. The molecule has 0 atom stereocenters. The molecule has 0 amide bonds. The van der Waals surface area contributed by atoms with E-state index < -0.39 is 0 Å². The molecule has 0 N–H and O–H groups in total. The average Bonchev–Trinajstić information content (AvgIpc) is 2.85. The second-order valence-corrected chi connectivity index (χ2v) is 5.16. The molecule has 0 aliphatic heterocycles. The van der Waals surface area contributed by atoms with Crippen LogP contribution in [0.25, 0.3) is 0 Å². The summed E-state index contributed by atoms with van der Waals surface area (Å²) in [6.45, 7) is 4.17. The van der Waals surface area contributed by atoms with Gasteiger partial charge in [0.15, 0.2) is 5.82 Å². The quantitative estimate of drug-likeness (QED) is 0.602.